The Balaban J connectivity index is 2.58. The topological polar surface area (TPSA) is 111 Å². The predicted octanol–water partition coefficient (Wildman–Crippen LogP) is 0.690. The summed E-state index contributed by atoms with van der Waals surface area (Å²) in [6.45, 7) is 3.22. The van der Waals surface area contributed by atoms with Crippen molar-refractivity contribution in [3.63, 3.8) is 0 Å². The lowest BCUT2D eigenvalue weighted by molar-refractivity contribution is 0.0939. The molecule has 1 unspecified atom stereocenters. The van der Waals surface area contributed by atoms with Gasteiger partial charge in [-0.25, -0.2) is 4.79 Å². The minimum Gasteiger partial charge on any atom is -0.394 e. The maximum absolute atomic E-state index is 11.9. The fraction of sp³-hybridized carbons (Fsp3) is 0.467. The number of aliphatic hydroxyl groups excluding tert-OH is 2. The third-order valence-electron chi connectivity index (χ3n) is 3.17. The van der Waals surface area contributed by atoms with Gasteiger partial charge in [0.05, 0.1) is 19.3 Å². The van der Waals surface area contributed by atoms with Crippen LogP contribution >= 0.6 is 0 Å². The van der Waals surface area contributed by atoms with Gasteiger partial charge < -0.3 is 26.2 Å². The fourth-order valence-electron chi connectivity index (χ4n) is 1.62. The van der Waals surface area contributed by atoms with Gasteiger partial charge in [0.15, 0.2) is 0 Å². The van der Waals surface area contributed by atoms with Gasteiger partial charge in [-0.15, -0.1) is 0 Å². The largest absolute Gasteiger partial charge is 0.394 e. The second-order valence-corrected chi connectivity index (χ2v) is 5.02. The second-order valence-electron chi connectivity index (χ2n) is 5.02. The number of carbonyl (C=O) groups excluding carboxylic acids is 2. The highest BCUT2D eigenvalue weighted by molar-refractivity contribution is 5.95. The van der Waals surface area contributed by atoms with E-state index in [0.717, 1.165) is 6.42 Å². The summed E-state index contributed by atoms with van der Waals surface area (Å²) in [4.78, 5) is 23.5. The second kappa shape index (κ2) is 9.01. The molecule has 0 aliphatic heterocycles. The summed E-state index contributed by atoms with van der Waals surface area (Å²) in [5.41, 5.74) is 1.02. The van der Waals surface area contributed by atoms with Crippen LogP contribution in [0, 0.1) is 0 Å². The van der Waals surface area contributed by atoms with Gasteiger partial charge in [-0.3, -0.25) is 4.79 Å². The third-order valence-corrected chi connectivity index (χ3v) is 3.17. The zero-order valence-electron chi connectivity index (χ0n) is 12.8. The first-order valence-corrected chi connectivity index (χ1v) is 7.20. The molecule has 5 N–H and O–H groups in total. The number of benzene rings is 1. The van der Waals surface area contributed by atoms with Crippen LogP contribution in [-0.4, -0.2) is 47.4 Å². The maximum Gasteiger partial charge on any atom is 0.319 e. The number of nitrogens with one attached hydrogen (secondary N) is 3. The molecule has 122 valence electrons. The Labute approximate surface area is 129 Å². The molecule has 3 amide bonds. The summed E-state index contributed by atoms with van der Waals surface area (Å²) in [5, 5.41) is 25.6. The van der Waals surface area contributed by atoms with Crippen molar-refractivity contribution in [3.8, 4) is 0 Å². The van der Waals surface area contributed by atoms with Crippen LogP contribution in [0.1, 0.15) is 30.6 Å². The van der Waals surface area contributed by atoms with Gasteiger partial charge in [0.2, 0.25) is 0 Å². The molecule has 0 aliphatic rings. The number of amides is 3. The molecule has 7 heteroatoms. The van der Waals surface area contributed by atoms with E-state index >= 15 is 0 Å². The quantitative estimate of drug-likeness (QED) is 0.510. The molecule has 7 nitrogen and oxygen atoms in total. The summed E-state index contributed by atoms with van der Waals surface area (Å²) in [7, 11) is 0. The Morgan fingerprint density at radius 3 is 2.18 bits per heavy atom. The van der Waals surface area contributed by atoms with E-state index < -0.39 is 12.1 Å². The van der Waals surface area contributed by atoms with Gasteiger partial charge in [0, 0.05) is 17.3 Å². The zero-order valence-corrected chi connectivity index (χ0v) is 12.8. The van der Waals surface area contributed by atoms with E-state index in [1.54, 1.807) is 24.3 Å². The Morgan fingerprint density at radius 2 is 1.68 bits per heavy atom. The van der Waals surface area contributed by atoms with Crippen LogP contribution in [0.5, 0.6) is 0 Å². The number of rotatable bonds is 7. The van der Waals surface area contributed by atoms with E-state index in [-0.39, 0.29) is 25.2 Å². The van der Waals surface area contributed by atoms with Gasteiger partial charge >= 0.3 is 6.03 Å². The molecule has 0 radical (unpaired) electrons. The highest BCUT2D eigenvalue weighted by atomic mass is 16.3. The van der Waals surface area contributed by atoms with E-state index in [9.17, 15) is 9.59 Å². The maximum atomic E-state index is 11.9. The van der Waals surface area contributed by atoms with Crippen LogP contribution in [0.3, 0.4) is 0 Å². The Kier molecular flexibility index (Phi) is 7.34. The lowest BCUT2D eigenvalue weighted by atomic mass is 10.1. The van der Waals surface area contributed by atoms with Gasteiger partial charge in [-0.1, -0.05) is 6.92 Å². The van der Waals surface area contributed by atoms with Crippen LogP contribution in [0.25, 0.3) is 0 Å². The van der Waals surface area contributed by atoms with E-state index in [1.807, 2.05) is 13.8 Å². The molecule has 0 aromatic heterocycles. The molecule has 1 aromatic rings. The third kappa shape index (κ3) is 5.71. The number of hydrogen-bond acceptors (Lipinski definition) is 4. The average molecular weight is 309 g/mol. The van der Waals surface area contributed by atoms with E-state index in [4.69, 9.17) is 10.2 Å². The summed E-state index contributed by atoms with van der Waals surface area (Å²) >= 11 is 0. The molecular formula is C15H23N3O4. The van der Waals surface area contributed by atoms with Crippen molar-refractivity contribution in [1.29, 1.82) is 0 Å². The molecular weight excluding hydrogens is 286 g/mol. The van der Waals surface area contributed by atoms with Crippen molar-refractivity contribution < 1.29 is 19.8 Å². The van der Waals surface area contributed by atoms with Gasteiger partial charge in [0.25, 0.3) is 5.91 Å². The summed E-state index contributed by atoms with van der Waals surface area (Å²) in [5.74, 6) is -0.161. The van der Waals surface area contributed by atoms with Gasteiger partial charge in [-0.2, -0.15) is 0 Å². The van der Waals surface area contributed by atoms with Gasteiger partial charge in [-0.05, 0) is 37.6 Å². The first-order chi connectivity index (χ1) is 10.5. The van der Waals surface area contributed by atoms with Crippen LogP contribution in [0.15, 0.2) is 24.3 Å². The fourth-order valence-corrected chi connectivity index (χ4v) is 1.62. The number of aliphatic hydroxyl groups is 2. The zero-order chi connectivity index (χ0) is 16.5. The van der Waals surface area contributed by atoms with E-state index in [2.05, 4.69) is 16.0 Å². The van der Waals surface area contributed by atoms with Crippen LogP contribution in [-0.2, 0) is 0 Å². The first-order valence-electron chi connectivity index (χ1n) is 7.20. The molecule has 0 saturated heterocycles. The van der Waals surface area contributed by atoms with Crippen molar-refractivity contribution in [2.75, 3.05) is 18.5 Å². The standard InChI is InChI=1S/C15H23N3O4/c1-3-10(2)16-14(21)11-4-6-12(7-5-11)17-15(22)18-13(8-19)9-20/h4-7,10,13,19-20H,3,8-9H2,1-2H3,(H,16,21)(H2,17,18,22). The Bertz CT molecular complexity index is 486. The smallest absolute Gasteiger partial charge is 0.319 e. The van der Waals surface area contributed by atoms with Crippen molar-refractivity contribution in [2.24, 2.45) is 0 Å². The highest BCUT2D eigenvalue weighted by Gasteiger charge is 2.11. The van der Waals surface area contributed by atoms with E-state index in [1.165, 1.54) is 0 Å². The van der Waals surface area contributed by atoms with Crippen molar-refractivity contribution in [1.82, 2.24) is 10.6 Å². The van der Waals surface area contributed by atoms with Crippen LogP contribution in [0.4, 0.5) is 10.5 Å². The van der Waals surface area contributed by atoms with Crippen molar-refractivity contribution in [2.45, 2.75) is 32.4 Å². The monoisotopic (exact) mass is 309 g/mol. The number of carbonyl (C=O) groups is 2. The summed E-state index contributed by atoms with van der Waals surface area (Å²) in [6.07, 6.45) is 0.850. The SMILES string of the molecule is CCC(C)NC(=O)c1ccc(NC(=O)NC(CO)CO)cc1. The molecule has 0 spiro atoms. The molecule has 0 bridgehead atoms. The lowest BCUT2D eigenvalue weighted by Gasteiger charge is -2.14. The Hall–Kier alpha value is -2.12. The molecule has 0 fully saturated rings. The molecule has 0 aliphatic carbocycles. The Morgan fingerprint density at radius 1 is 1.09 bits per heavy atom. The minimum absolute atomic E-state index is 0.102. The summed E-state index contributed by atoms with van der Waals surface area (Å²) in [6, 6.07) is 5.30. The highest BCUT2D eigenvalue weighted by Crippen LogP contribution is 2.10. The summed E-state index contributed by atoms with van der Waals surface area (Å²) < 4.78 is 0. The number of anilines is 1. The molecule has 1 rings (SSSR count). The molecule has 0 saturated carbocycles. The average Bonchev–Trinajstić information content (AvgIpc) is 2.52. The lowest BCUT2D eigenvalue weighted by Crippen LogP contribution is -2.42. The molecule has 1 aromatic carbocycles. The molecule has 1 atom stereocenters. The van der Waals surface area contributed by atoms with Crippen LogP contribution in [0.2, 0.25) is 0 Å². The molecule has 0 heterocycles. The predicted molar refractivity (Wildman–Crippen MR) is 83.8 cm³/mol. The normalized spacial score (nSPS) is 11.9. The van der Waals surface area contributed by atoms with E-state index in [0.29, 0.717) is 11.3 Å². The molecule has 22 heavy (non-hydrogen) atoms. The van der Waals surface area contributed by atoms with Crippen molar-refractivity contribution in [3.05, 3.63) is 29.8 Å². The van der Waals surface area contributed by atoms with Crippen LogP contribution < -0.4 is 16.0 Å². The van der Waals surface area contributed by atoms with Gasteiger partial charge in [0.1, 0.15) is 0 Å². The first kappa shape index (κ1) is 17.9. The minimum atomic E-state index is -0.708. The van der Waals surface area contributed by atoms with Crippen molar-refractivity contribution >= 4 is 17.6 Å². The number of urea groups is 1. The number of hydrogen-bond donors (Lipinski definition) is 5.